The predicted octanol–water partition coefficient (Wildman–Crippen LogP) is 9.48. The molecule has 0 spiro atoms. The number of ether oxygens (including phenoxy) is 6. The highest BCUT2D eigenvalue weighted by Crippen LogP contribution is 2.81. The van der Waals surface area contributed by atoms with E-state index >= 15 is 0 Å². The molecule has 0 saturated carbocycles. The van der Waals surface area contributed by atoms with Crippen LogP contribution in [0.1, 0.15) is 41.5 Å². The zero-order valence-corrected chi connectivity index (χ0v) is 35.9. The van der Waals surface area contributed by atoms with E-state index < -0.39 is 58.8 Å². The number of allylic oxidation sites excluding steroid dienone is 6. The summed E-state index contributed by atoms with van der Waals surface area (Å²) in [4.78, 5) is 72.3. The van der Waals surface area contributed by atoms with Gasteiger partial charge in [0.1, 0.15) is 72.1 Å². The summed E-state index contributed by atoms with van der Waals surface area (Å²) in [5, 5.41) is 0. The smallest absolute Gasteiger partial charge is 0.425 e. The first kappa shape index (κ1) is 51.2. The van der Waals surface area contributed by atoms with Crippen LogP contribution in [0.25, 0.3) is 0 Å². The molecule has 0 aromatic carbocycles. The Kier molecular flexibility index (Phi) is 21.2. The Balaban J connectivity index is 4.74. The largest absolute Gasteiger partial charge is 0.459 e. The molecule has 24 heteroatoms. The van der Waals surface area contributed by atoms with Crippen LogP contribution in [0.2, 0.25) is 0 Å². The lowest BCUT2D eigenvalue weighted by Gasteiger charge is -2.30. The van der Waals surface area contributed by atoms with Crippen molar-refractivity contribution in [1.29, 1.82) is 0 Å². The highest BCUT2D eigenvalue weighted by Gasteiger charge is 2.47. The minimum absolute atomic E-state index is 0.232. The highest BCUT2D eigenvalue weighted by atomic mass is 31.3. The fraction of sp³-hybridized carbons (Fsp3) is 0.167. The van der Waals surface area contributed by atoms with Gasteiger partial charge in [-0.3, -0.25) is 0 Å². The molecule has 0 bridgehead atoms. The average molecular weight is 898 g/mol. The van der Waals surface area contributed by atoms with Gasteiger partial charge in [-0.15, -0.1) is 0 Å². The molecule has 0 aliphatic carbocycles. The van der Waals surface area contributed by atoms with Crippen LogP contribution in [0, 0.1) is 0 Å². The van der Waals surface area contributed by atoms with Crippen molar-refractivity contribution in [3.63, 3.8) is 0 Å². The molecule has 324 valence electrons. The summed E-state index contributed by atoms with van der Waals surface area (Å²) in [6.07, 6.45) is 10.1. The molecule has 0 aromatic heterocycles. The predicted molar refractivity (Wildman–Crippen MR) is 215 cm³/mol. The SMILES string of the molecule is C=CC(=O)O/C(C)=C/OP1(O/C=C(\C)OC(=O)C=C)=NP(O/C=C(\C)OC(=O)C=C)(O/C=C(\C)OC(=O)C=C)=NP(O/C=C(\C)OC(=O)C=C)(O/C=C(\C)OC(=O)C=C)=N1. The van der Waals surface area contributed by atoms with E-state index in [4.69, 9.17) is 55.6 Å². The van der Waals surface area contributed by atoms with Crippen LogP contribution in [-0.4, -0.2) is 35.8 Å². The second-order valence-electron chi connectivity index (χ2n) is 10.5. The number of hydrogen-bond donors (Lipinski definition) is 0. The quantitative estimate of drug-likeness (QED) is 0.0287. The van der Waals surface area contributed by atoms with Gasteiger partial charge in [-0.05, 0) is 41.5 Å². The summed E-state index contributed by atoms with van der Waals surface area (Å²) in [6.45, 7) is 27.7. The highest BCUT2D eigenvalue weighted by molar-refractivity contribution is 7.78. The van der Waals surface area contributed by atoms with Crippen LogP contribution >= 0.6 is 23.0 Å². The first-order valence-electron chi connectivity index (χ1n) is 16.3. The molecule has 0 amide bonds. The monoisotopic (exact) mass is 897 g/mol. The van der Waals surface area contributed by atoms with Gasteiger partial charge in [0.25, 0.3) is 0 Å². The normalized spacial score (nSPS) is 17.3. The minimum atomic E-state index is -4.66. The molecule has 60 heavy (non-hydrogen) atoms. The average Bonchev–Trinajstić information content (AvgIpc) is 3.21. The lowest BCUT2D eigenvalue weighted by molar-refractivity contribution is -0.134. The van der Waals surface area contributed by atoms with Crippen LogP contribution in [0.3, 0.4) is 0 Å². The van der Waals surface area contributed by atoms with Crippen molar-refractivity contribution in [3.8, 4) is 0 Å². The van der Waals surface area contributed by atoms with Gasteiger partial charge < -0.3 is 55.6 Å². The van der Waals surface area contributed by atoms with E-state index in [0.717, 1.165) is 74.0 Å². The number of carbonyl (C=O) groups is 6. The first-order chi connectivity index (χ1) is 28.2. The van der Waals surface area contributed by atoms with Crippen molar-refractivity contribution in [2.24, 2.45) is 13.5 Å². The maximum absolute atomic E-state index is 12.0. The maximum atomic E-state index is 12.0. The summed E-state index contributed by atoms with van der Waals surface area (Å²) < 4.78 is 80.2. The van der Waals surface area contributed by atoms with Crippen molar-refractivity contribution in [2.45, 2.75) is 41.5 Å². The zero-order valence-electron chi connectivity index (χ0n) is 33.2. The third-order valence-corrected chi connectivity index (χ3v) is 13.1. The van der Waals surface area contributed by atoms with Crippen LogP contribution in [0.15, 0.2) is 162 Å². The zero-order chi connectivity index (χ0) is 45.5. The second-order valence-corrected chi connectivity index (χ2v) is 16.8. The molecule has 1 aliphatic rings. The fourth-order valence-electron chi connectivity index (χ4n) is 3.01. The van der Waals surface area contributed by atoms with E-state index in [2.05, 4.69) is 53.0 Å². The molecule has 0 N–H and O–H groups in total. The van der Waals surface area contributed by atoms with Crippen molar-refractivity contribution in [2.75, 3.05) is 0 Å². The summed E-state index contributed by atoms with van der Waals surface area (Å²) >= 11 is 0. The van der Waals surface area contributed by atoms with E-state index in [1.807, 2.05) is 0 Å². The number of carbonyl (C=O) groups excluding carboxylic acids is 6. The van der Waals surface area contributed by atoms with E-state index in [1.54, 1.807) is 0 Å². The molecule has 0 saturated heterocycles. The third kappa shape index (κ3) is 18.6. The van der Waals surface area contributed by atoms with Gasteiger partial charge in [-0.25, -0.2) is 28.8 Å². The molecule has 1 rings (SSSR count). The van der Waals surface area contributed by atoms with Gasteiger partial charge in [0.15, 0.2) is 0 Å². The van der Waals surface area contributed by atoms with Crippen LogP contribution in [-0.2, 0) is 84.3 Å². The molecule has 0 aromatic rings. The molecular weight excluding hydrogens is 855 g/mol. The number of nitrogens with zero attached hydrogens (tertiary/aromatic N) is 3. The van der Waals surface area contributed by atoms with Crippen molar-refractivity contribution in [1.82, 2.24) is 0 Å². The van der Waals surface area contributed by atoms with E-state index in [9.17, 15) is 28.8 Å². The van der Waals surface area contributed by atoms with Crippen molar-refractivity contribution >= 4 is 58.8 Å². The molecule has 0 unspecified atom stereocenters. The summed E-state index contributed by atoms with van der Waals surface area (Å²) in [5.74, 6) is -6.83. The molecule has 0 atom stereocenters. The minimum Gasteiger partial charge on any atom is -0.425 e. The Morgan fingerprint density at radius 2 is 0.450 bits per heavy atom. The van der Waals surface area contributed by atoms with Gasteiger partial charge in [-0.1, -0.05) is 53.0 Å². The number of esters is 6. The lowest BCUT2D eigenvalue weighted by atomic mass is 10.6. The molecule has 0 radical (unpaired) electrons. The molecule has 1 aliphatic heterocycles. The first-order valence-corrected chi connectivity index (χ1v) is 20.9. The maximum Gasteiger partial charge on any atom is 0.459 e. The Labute approximate surface area is 345 Å². The molecule has 21 nitrogen and oxygen atoms in total. The Morgan fingerprint density at radius 3 is 0.567 bits per heavy atom. The van der Waals surface area contributed by atoms with Gasteiger partial charge >= 0.3 is 58.8 Å². The second kappa shape index (κ2) is 24.8. The fourth-order valence-corrected chi connectivity index (χ4v) is 11.7. The number of rotatable bonds is 24. The topological polar surface area (TPSA) is 250 Å². The van der Waals surface area contributed by atoms with Gasteiger partial charge in [-0.2, -0.15) is 0 Å². The standard InChI is InChI=1S/C36H42N3O18P3/c1-13-31(40)52-25(7)19-46-58(47-20-26(8)53-32(41)14-2)37-59(48-21-27(9)54-33(42)15-3,49-22-28(10)55-34(43)16-4)39-60(38-58,50-23-29(11)56-35(44)17-5)51-24-30(12)57-36(45)18-6/h13-24H,1-6H2,7-12H3/b25-19+,26-20+,27-21+,28-22+,29-23+,30-24+. The molecule has 1 heterocycles. The molecule has 0 fully saturated rings. The van der Waals surface area contributed by atoms with E-state index in [0.29, 0.717) is 0 Å². The van der Waals surface area contributed by atoms with Gasteiger partial charge in [0, 0.05) is 36.5 Å². The lowest BCUT2D eigenvalue weighted by Crippen LogP contribution is -2.03. The summed E-state index contributed by atoms with van der Waals surface area (Å²) in [7, 11) is -14.0. The summed E-state index contributed by atoms with van der Waals surface area (Å²) in [6, 6.07) is 0. The Bertz CT molecular complexity index is 1770. The van der Waals surface area contributed by atoms with Crippen LogP contribution < -0.4 is 0 Å². The Morgan fingerprint density at radius 1 is 0.317 bits per heavy atom. The van der Waals surface area contributed by atoms with Crippen molar-refractivity contribution in [3.05, 3.63) is 148 Å². The Hall–Kier alpha value is -6.81. The van der Waals surface area contributed by atoms with Gasteiger partial charge in [0.2, 0.25) is 0 Å². The van der Waals surface area contributed by atoms with E-state index in [1.165, 1.54) is 41.5 Å². The van der Waals surface area contributed by atoms with Crippen LogP contribution in [0.5, 0.6) is 0 Å². The number of hydrogen-bond acceptors (Lipinski definition) is 21. The van der Waals surface area contributed by atoms with Gasteiger partial charge in [0.05, 0.1) is 0 Å². The van der Waals surface area contributed by atoms with E-state index in [-0.39, 0.29) is 34.6 Å². The van der Waals surface area contributed by atoms with Crippen LogP contribution in [0.4, 0.5) is 0 Å². The summed E-state index contributed by atoms with van der Waals surface area (Å²) in [5.41, 5.74) is 0. The van der Waals surface area contributed by atoms with Crippen molar-refractivity contribution < 1.29 is 84.3 Å². The molecular formula is C36H42N3O18P3. The third-order valence-electron chi connectivity index (χ3n) is 5.38.